The maximum Gasteiger partial charge on any atom is 0.273 e. The van der Waals surface area contributed by atoms with Crippen LogP contribution >= 0.6 is 27.5 Å². The van der Waals surface area contributed by atoms with E-state index in [9.17, 15) is 10.1 Å². The second-order valence-corrected chi connectivity index (χ2v) is 5.74. The molecular formula is C14H13BrClN3O2. The minimum absolute atomic E-state index is 0.0127. The molecule has 0 unspecified atom stereocenters. The molecular weight excluding hydrogens is 358 g/mol. The number of nitrogens with zero attached hydrogens (tertiary/aromatic N) is 1. The molecule has 0 bridgehead atoms. The molecule has 0 aromatic heterocycles. The van der Waals surface area contributed by atoms with Gasteiger partial charge in [0, 0.05) is 40.1 Å². The summed E-state index contributed by atoms with van der Waals surface area (Å²) in [6.07, 6.45) is 0. The van der Waals surface area contributed by atoms with Crippen molar-refractivity contribution in [2.45, 2.75) is 6.92 Å². The van der Waals surface area contributed by atoms with Crippen LogP contribution in [0.2, 0.25) is 5.02 Å². The summed E-state index contributed by atoms with van der Waals surface area (Å²) in [5, 5.41) is 17.6. The number of rotatable bonds is 4. The number of hydrogen-bond acceptors (Lipinski definition) is 4. The van der Waals surface area contributed by atoms with Crippen LogP contribution in [0.25, 0.3) is 0 Å². The first-order valence-electron chi connectivity index (χ1n) is 6.10. The molecule has 21 heavy (non-hydrogen) atoms. The highest BCUT2D eigenvalue weighted by Gasteiger charge is 2.11. The SMILES string of the molecule is CNc1cc(Nc2cc(Cl)c(C)cc2Br)cc([N+](=O)[O-])c1. The Hall–Kier alpha value is -1.79. The molecule has 0 fully saturated rings. The fraction of sp³-hybridized carbons (Fsp3) is 0.143. The van der Waals surface area contributed by atoms with Gasteiger partial charge < -0.3 is 10.6 Å². The molecule has 5 nitrogen and oxygen atoms in total. The lowest BCUT2D eigenvalue weighted by Gasteiger charge is -2.12. The molecule has 2 N–H and O–H groups in total. The zero-order valence-corrected chi connectivity index (χ0v) is 13.7. The zero-order chi connectivity index (χ0) is 15.6. The van der Waals surface area contributed by atoms with Gasteiger partial charge in [-0.2, -0.15) is 0 Å². The lowest BCUT2D eigenvalue weighted by molar-refractivity contribution is -0.384. The van der Waals surface area contributed by atoms with E-state index < -0.39 is 4.92 Å². The van der Waals surface area contributed by atoms with E-state index in [1.54, 1.807) is 19.2 Å². The van der Waals surface area contributed by atoms with Crippen molar-refractivity contribution in [3.8, 4) is 0 Å². The van der Waals surface area contributed by atoms with E-state index in [4.69, 9.17) is 11.6 Å². The van der Waals surface area contributed by atoms with Gasteiger partial charge >= 0.3 is 0 Å². The van der Waals surface area contributed by atoms with Crippen molar-refractivity contribution in [3.63, 3.8) is 0 Å². The molecule has 0 radical (unpaired) electrons. The predicted molar refractivity (Wildman–Crippen MR) is 89.8 cm³/mol. The fourth-order valence-corrected chi connectivity index (χ4v) is 2.55. The Morgan fingerprint density at radius 1 is 1.19 bits per heavy atom. The van der Waals surface area contributed by atoms with Crippen LogP contribution in [0.5, 0.6) is 0 Å². The van der Waals surface area contributed by atoms with Gasteiger partial charge in [0.2, 0.25) is 0 Å². The molecule has 0 amide bonds. The van der Waals surface area contributed by atoms with Crippen molar-refractivity contribution in [2.75, 3.05) is 17.7 Å². The lowest BCUT2D eigenvalue weighted by atomic mass is 10.2. The standard InChI is InChI=1S/C14H13BrClN3O2/c1-8-3-12(15)14(7-13(8)16)18-10-4-9(17-2)5-11(6-10)19(20)21/h3-7,17-18H,1-2H3. The van der Waals surface area contributed by atoms with Gasteiger partial charge in [-0.25, -0.2) is 0 Å². The molecule has 0 saturated carbocycles. The van der Waals surface area contributed by atoms with Gasteiger partial charge in [0.15, 0.2) is 0 Å². The molecule has 0 aliphatic heterocycles. The number of nitro groups is 1. The summed E-state index contributed by atoms with van der Waals surface area (Å²) in [5.41, 5.74) is 2.96. The van der Waals surface area contributed by atoms with E-state index in [-0.39, 0.29) is 5.69 Å². The van der Waals surface area contributed by atoms with Crippen LogP contribution in [0.4, 0.5) is 22.7 Å². The van der Waals surface area contributed by atoms with Crippen molar-refractivity contribution < 1.29 is 4.92 Å². The number of halogens is 2. The Kier molecular flexibility index (Phi) is 4.69. The van der Waals surface area contributed by atoms with Gasteiger partial charge in [0.1, 0.15) is 0 Å². The van der Waals surface area contributed by atoms with Crippen molar-refractivity contribution in [1.29, 1.82) is 0 Å². The second-order valence-electron chi connectivity index (χ2n) is 4.48. The van der Waals surface area contributed by atoms with E-state index in [1.807, 2.05) is 13.0 Å². The molecule has 0 spiro atoms. The molecule has 7 heteroatoms. The summed E-state index contributed by atoms with van der Waals surface area (Å²) in [7, 11) is 1.71. The van der Waals surface area contributed by atoms with E-state index in [0.29, 0.717) is 16.4 Å². The first kappa shape index (κ1) is 15.6. The third-order valence-electron chi connectivity index (χ3n) is 2.94. The number of anilines is 3. The van der Waals surface area contributed by atoms with Crippen molar-refractivity contribution >= 4 is 50.3 Å². The summed E-state index contributed by atoms with van der Waals surface area (Å²) in [5.74, 6) is 0. The molecule has 0 saturated heterocycles. The van der Waals surface area contributed by atoms with Crippen LogP contribution in [0.3, 0.4) is 0 Å². The van der Waals surface area contributed by atoms with Gasteiger partial charge in [-0.15, -0.1) is 0 Å². The first-order chi connectivity index (χ1) is 9.90. The molecule has 0 heterocycles. The predicted octanol–water partition coefficient (Wildman–Crippen LogP) is 5.10. The van der Waals surface area contributed by atoms with E-state index in [0.717, 1.165) is 15.7 Å². The van der Waals surface area contributed by atoms with Crippen molar-refractivity contribution in [2.24, 2.45) is 0 Å². The van der Waals surface area contributed by atoms with Gasteiger partial charge in [-0.05, 0) is 46.6 Å². The third-order valence-corrected chi connectivity index (χ3v) is 4.01. The van der Waals surface area contributed by atoms with E-state index >= 15 is 0 Å². The average Bonchev–Trinajstić information content (AvgIpc) is 2.44. The number of aryl methyl sites for hydroxylation is 1. The number of hydrogen-bond donors (Lipinski definition) is 2. The number of nitrogens with one attached hydrogen (secondary N) is 2. The Balaban J connectivity index is 2.41. The minimum atomic E-state index is -0.427. The zero-order valence-electron chi connectivity index (χ0n) is 11.4. The lowest BCUT2D eigenvalue weighted by Crippen LogP contribution is -1.97. The molecule has 2 aromatic carbocycles. The molecule has 2 aromatic rings. The molecule has 0 atom stereocenters. The number of non-ortho nitro benzene ring substituents is 1. The Morgan fingerprint density at radius 3 is 2.48 bits per heavy atom. The first-order valence-corrected chi connectivity index (χ1v) is 7.27. The Morgan fingerprint density at radius 2 is 1.86 bits per heavy atom. The fourth-order valence-electron chi connectivity index (χ4n) is 1.83. The Labute approximate surface area is 135 Å². The minimum Gasteiger partial charge on any atom is -0.388 e. The summed E-state index contributed by atoms with van der Waals surface area (Å²) >= 11 is 9.56. The maximum atomic E-state index is 11.0. The van der Waals surface area contributed by atoms with Crippen LogP contribution in [-0.4, -0.2) is 12.0 Å². The van der Waals surface area contributed by atoms with Gasteiger partial charge in [-0.1, -0.05) is 11.6 Å². The van der Waals surface area contributed by atoms with Gasteiger partial charge in [0.05, 0.1) is 10.6 Å². The number of nitro benzene ring substituents is 1. The van der Waals surface area contributed by atoms with Gasteiger partial charge in [0.25, 0.3) is 5.69 Å². The summed E-state index contributed by atoms with van der Waals surface area (Å²) in [6, 6.07) is 8.40. The molecule has 0 aliphatic rings. The third kappa shape index (κ3) is 3.65. The van der Waals surface area contributed by atoms with E-state index in [1.165, 1.54) is 12.1 Å². The highest BCUT2D eigenvalue weighted by atomic mass is 79.9. The molecule has 2 rings (SSSR count). The average molecular weight is 371 g/mol. The molecule has 0 aliphatic carbocycles. The number of benzene rings is 2. The van der Waals surface area contributed by atoms with Crippen LogP contribution < -0.4 is 10.6 Å². The summed E-state index contributed by atoms with van der Waals surface area (Å²) < 4.78 is 0.835. The van der Waals surface area contributed by atoms with Crippen molar-refractivity contribution in [3.05, 3.63) is 55.5 Å². The van der Waals surface area contributed by atoms with Crippen LogP contribution in [0, 0.1) is 17.0 Å². The summed E-state index contributed by atoms with van der Waals surface area (Å²) in [4.78, 5) is 10.5. The summed E-state index contributed by atoms with van der Waals surface area (Å²) in [6.45, 7) is 1.91. The quantitative estimate of drug-likeness (QED) is 0.580. The largest absolute Gasteiger partial charge is 0.388 e. The van der Waals surface area contributed by atoms with Crippen molar-refractivity contribution in [1.82, 2.24) is 0 Å². The maximum absolute atomic E-state index is 11.0. The smallest absolute Gasteiger partial charge is 0.273 e. The van der Waals surface area contributed by atoms with E-state index in [2.05, 4.69) is 26.6 Å². The molecule has 110 valence electrons. The monoisotopic (exact) mass is 369 g/mol. The van der Waals surface area contributed by atoms with Gasteiger partial charge in [-0.3, -0.25) is 10.1 Å². The normalized spacial score (nSPS) is 10.3. The highest BCUT2D eigenvalue weighted by molar-refractivity contribution is 9.10. The topological polar surface area (TPSA) is 67.2 Å². The second kappa shape index (κ2) is 6.32. The van der Waals surface area contributed by atoms with Crippen LogP contribution in [-0.2, 0) is 0 Å². The van der Waals surface area contributed by atoms with Crippen LogP contribution in [0.1, 0.15) is 5.56 Å². The Bertz CT molecular complexity index is 707. The highest BCUT2D eigenvalue weighted by Crippen LogP contribution is 2.33. The van der Waals surface area contributed by atoms with Crippen LogP contribution in [0.15, 0.2) is 34.8 Å².